The Labute approximate surface area is 86.2 Å². The largest absolute Gasteiger partial charge is 0.309 e. The molecule has 2 fully saturated rings. The maximum Gasteiger partial charge on any atom is 0.153 e. The number of hydrogen-bond acceptors (Lipinski definition) is 3. The van der Waals surface area contributed by atoms with Gasteiger partial charge in [0, 0.05) is 12.1 Å². The molecule has 0 aromatic carbocycles. The van der Waals surface area contributed by atoms with Gasteiger partial charge >= 0.3 is 0 Å². The molecule has 0 amide bonds. The minimum atomic E-state index is -2.65. The highest BCUT2D eigenvalue weighted by Crippen LogP contribution is 2.19. The molecular weight excluding hydrogens is 198 g/mol. The summed E-state index contributed by atoms with van der Waals surface area (Å²) in [5.41, 5.74) is 0. The van der Waals surface area contributed by atoms with Crippen LogP contribution in [0.25, 0.3) is 0 Å². The van der Waals surface area contributed by atoms with E-state index in [9.17, 15) is 8.42 Å². The first-order valence-corrected chi connectivity index (χ1v) is 7.44. The summed E-state index contributed by atoms with van der Waals surface area (Å²) < 4.78 is 21.9. The molecule has 0 spiro atoms. The lowest BCUT2D eigenvalue weighted by molar-refractivity contribution is 0.406. The molecule has 82 valence electrons. The highest BCUT2D eigenvalue weighted by Gasteiger charge is 2.34. The molecule has 0 radical (unpaired) electrons. The van der Waals surface area contributed by atoms with E-state index < -0.39 is 9.84 Å². The summed E-state index contributed by atoms with van der Waals surface area (Å²) >= 11 is 0. The topological polar surface area (TPSA) is 46.2 Å². The molecule has 1 N–H and O–H groups in total. The minimum absolute atomic E-state index is 0.253. The third kappa shape index (κ3) is 2.70. The summed E-state index contributed by atoms with van der Waals surface area (Å²) in [6.45, 7) is 0. The Kier molecular flexibility index (Phi) is 3.12. The van der Waals surface area contributed by atoms with Crippen molar-refractivity contribution in [2.45, 2.75) is 50.6 Å². The molecule has 1 heterocycles. The highest BCUT2D eigenvalue weighted by atomic mass is 32.2. The molecule has 0 atom stereocenters. The molecule has 3 nitrogen and oxygen atoms in total. The maximum atomic E-state index is 11.0. The number of rotatable bonds is 2. The fourth-order valence-corrected chi connectivity index (χ4v) is 3.76. The Morgan fingerprint density at radius 2 is 1.43 bits per heavy atom. The molecule has 4 heteroatoms. The monoisotopic (exact) mass is 217 g/mol. The van der Waals surface area contributed by atoms with E-state index in [1.165, 1.54) is 38.5 Å². The van der Waals surface area contributed by atoms with Crippen LogP contribution in [0.5, 0.6) is 0 Å². The Morgan fingerprint density at radius 3 is 1.93 bits per heavy atom. The van der Waals surface area contributed by atoms with Crippen LogP contribution in [-0.4, -0.2) is 32.0 Å². The van der Waals surface area contributed by atoms with Gasteiger partial charge < -0.3 is 5.32 Å². The average Bonchev–Trinajstić information content (AvgIpc) is 2.29. The van der Waals surface area contributed by atoms with E-state index in [1.807, 2.05) is 0 Å². The number of nitrogens with one attached hydrogen (secondary N) is 1. The van der Waals surface area contributed by atoms with Crippen molar-refractivity contribution in [3.63, 3.8) is 0 Å². The standard InChI is InChI=1S/C10H19NO2S/c12-14(13)7-10(8-14)11-9-5-3-1-2-4-6-9/h9-11H,1-8H2. The summed E-state index contributed by atoms with van der Waals surface area (Å²) in [4.78, 5) is 0. The summed E-state index contributed by atoms with van der Waals surface area (Å²) in [5, 5.41) is 3.47. The van der Waals surface area contributed by atoms with Crippen molar-refractivity contribution in [2.24, 2.45) is 0 Å². The normalized spacial score (nSPS) is 29.4. The van der Waals surface area contributed by atoms with E-state index in [0.29, 0.717) is 17.5 Å². The Balaban J connectivity index is 1.75. The Bertz CT molecular complexity index is 266. The van der Waals surface area contributed by atoms with Gasteiger partial charge in [-0.2, -0.15) is 0 Å². The molecular formula is C10H19NO2S. The Morgan fingerprint density at radius 1 is 0.857 bits per heavy atom. The van der Waals surface area contributed by atoms with Crippen LogP contribution in [0.4, 0.5) is 0 Å². The van der Waals surface area contributed by atoms with Crippen molar-refractivity contribution >= 4 is 9.84 Å². The average molecular weight is 217 g/mol. The van der Waals surface area contributed by atoms with Gasteiger partial charge in [-0.25, -0.2) is 8.42 Å². The lowest BCUT2D eigenvalue weighted by Gasteiger charge is -2.30. The third-order valence-electron chi connectivity index (χ3n) is 3.24. The van der Waals surface area contributed by atoms with Crippen LogP contribution in [0.3, 0.4) is 0 Å². The quantitative estimate of drug-likeness (QED) is 0.704. The SMILES string of the molecule is O=S1(=O)CC(NC2CCCCCC2)C1. The molecule has 1 saturated carbocycles. The van der Waals surface area contributed by atoms with Crippen molar-refractivity contribution in [3.8, 4) is 0 Å². The second-order valence-electron chi connectivity index (χ2n) is 4.63. The van der Waals surface area contributed by atoms with Gasteiger partial charge in [-0.3, -0.25) is 0 Å². The fraction of sp³-hybridized carbons (Fsp3) is 1.00. The van der Waals surface area contributed by atoms with Crippen molar-refractivity contribution in [1.82, 2.24) is 5.32 Å². The molecule has 1 saturated heterocycles. The molecule has 2 rings (SSSR count). The van der Waals surface area contributed by atoms with Crippen LogP contribution in [0.15, 0.2) is 0 Å². The van der Waals surface area contributed by atoms with Crippen molar-refractivity contribution < 1.29 is 8.42 Å². The van der Waals surface area contributed by atoms with Gasteiger partial charge in [-0.1, -0.05) is 25.7 Å². The van der Waals surface area contributed by atoms with E-state index in [-0.39, 0.29) is 6.04 Å². The van der Waals surface area contributed by atoms with Crippen LogP contribution in [0.2, 0.25) is 0 Å². The molecule has 1 aliphatic heterocycles. The van der Waals surface area contributed by atoms with Gasteiger partial charge in [-0.05, 0) is 12.8 Å². The first-order chi connectivity index (χ1) is 6.66. The molecule has 0 aromatic heterocycles. The zero-order chi connectivity index (χ0) is 10.0. The lowest BCUT2D eigenvalue weighted by Crippen LogP contribution is -2.54. The lowest BCUT2D eigenvalue weighted by atomic mass is 10.1. The van der Waals surface area contributed by atoms with Crippen LogP contribution in [-0.2, 0) is 9.84 Å². The van der Waals surface area contributed by atoms with Gasteiger partial charge in [0.1, 0.15) is 0 Å². The van der Waals surface area contributed by atoms with Gasteiger partial charge in [-0.15, -0.1) is 0 Å². The Hall–Kier alpha value is -0.0900. The van der Waals surface area contributed by atoms with Crippen LogP contribution in [0, 0.1) is 0 Å². The van der Waals surface area contributed by atoms with Gasteiger partial charge in [0.15, 0.2) is 9.84 Å². The maximum absolute atomic E-state index is 11.0. The molecule has 14 heavy (non-hydrogen) atoms. The van der Waals surface area contributed by atoms with E-state index in [2.05, 4.69) is 5.32 Å². The predicted molar refractivity (Wildman–Crippen MR) is 57.1 cm³/mol. The summed E-state index contributed by atoms with van der Waals surface area (Å²) in [6, 6.07) is 0.834. The number of hydrogen-bond donors (Lipinski definition) is 1. The first-order valence-electron chi connectivity index (χ1n) is 5.62. The van der Waals surface area contributed by atoms with Crippen molar-refractivity contribution in [2.75, 3.05) is 11.5 Å². The zero-order valence-corrected chi connectivity index (χ0v) is 9.35. The molecule has 1 aliphatic carbocycles. The summed E-state index contributed by atoms with van der Waals surface area (Å²) in [6.07, 6.45) is 7.77. The zero-order valence-electron chi connectivity index (χ0n) is 8.54. The highest BCUT2D eigenvalue weighted by molar-refractivity contribution is 7.92. The van der Waals surface area contributed by atoms with Crippen molar-refractivity contribution in [3.05, 3.63) is 0 Å². The number of sulfone groups is 1. The van der Waals surface area contributed by atoms with E-state index >= 15 is 0 Å². The van der Waals surface area contributed by atoms with E-state index in [4.69, 9.17) is 0 Å². The summed E-state index contributed by atoms with van der Waals surface area (Å²) in [7, 11) is -2.65. The van der Waals surface area contributed by atoms with Crippen LogP contribution >= 0.6 is 0 Å². The second-order valence-corrected chi connectivity index (χ2v) is 6.78. The second kappa shape index (κ2) is 4.19. The molecule has 2 aliphatic rings. The fourth-order valence-electron chi connectivity index (χ4n) is 2.44. The minimum Gasteiger partial charge on any atom is -0.309 e. The first kappa shape index (κ1) is 10.4. The third-order valence-corrected chi connectivity index (χ3v) is 5.06. The van der Waals surface area contributed by atoms with Crippen LogP contribution in [0.1, 0.15) is 38.5 Å². The van der Waals surface area contributed by atoms with Gasteiger partial charge in [0.25, 0.3) is 0 Å². The van der Waals surface area contributed by atoms with Crippen LogP contribution < -0.4 is 5.32 Å². The van der Waals surface area contributed by atoms with Gasteiger partial charge in [0.2, 0.25) is 0 Å². The van der Waals surface area contributed by atoms with Crippen molar-refractivity contribution in [1.29, 1.82) is 0 Å². The predicted octanol–water partition coefficient (Wildman–Crippen LogP) is 1.10. The van der Waals surface area contributed by atoms with Gasteiger partial charge in [0.05, 0.1) is 11.5 Å². The van der Waals surface area contributed by atoms with E-state index in [1.54, 1.807) is 0 Å². The summed E-state index contributed by atoms with van der Waals surface area (Å²) in [5.74, 6) is 0.729. The molecule has 0 aromatic rings. The molecule has 0 unspecified atom stereocenters. The molecule has 0 bridgehead atoms. The van der Waals surface area contributed by atoms with E-state index in [0.717, 1.165) is 0 Å². The smallest absolute Gasteiger partial charge is 0.153 e.